The molecule has 3 amide bonds. The molecule has 0 bridgehead atoms. The largest absolute Gasteiger partial charge is 0.478 e. The first kappa shape index (κ1) is 19.3. The smallest absolute Gasteiger partial charge is 0.417 e. The topological polar surface area (TPSA) is 84.9 Å². The van der Waals surface area contributed by atoms with Gasteiger partial charge in [-0.1, -0.05) is 42.5 Å². The number of benzene rings is 2. The number of rotatable bonds is 7. The van der Waals surface area contributed by atoms with Gasteiger partial charge in [-0.3, -0.25) is 9.59 Å². The Morgan fingerprint density at radius 2 is 1.86 bits per heavy atom. The van der Waals surface area contributed by atoms with Gasteiger partial charge in [0.2, 0.25) is 0 Å². The van der Waals surface area contributed by atoms with Gasteiger partial charge in [-0.2, -0.15) is 0 Å². The van der Waals surface area contributed by atoms with Gasteiger partial charge in [0.05, 0.1) is 12.6 Å². The van der Waals surface area contributed by atoms with Gasteiger partial charge in [-0.05, 0) is 24.6 Å². The fraction of sp³-hybridized carbons (Fsp3) is 0.250. The van der Waals surface area contributed by atoms with Crippen LogP contribution >= 0.6 is 0 Å². The molecule has 2 unspecified atom stereocenters. The van der Waals surface area contributed by atoms with Crippen LogP contribution in [0.3, 0.4) is 0 Å². The fourth-order valence-corrected chi connectivity index (χ4v) is 2.73. The number of cyclic esters (lactones) is 1. The molecular weight excluding hydrogens is 367 g/mol. The first-order chi connectivity index (χ1) is 13.5. The molecule has 0 spiro atoms. The van der Waals surface area contributed by atoms with E-state index in [-0.39, 0.29) is 18.9 Å². The van der Waals surface area contributed by atoms with Crippen molar-refractivity contribution in [1.29, 1.82) is 0 Å². The molecular formula is C20H19FN2O5. The molecule has 1 aliphatic rings. The molecule has 2 aromatic carbocycles. The van der Waals surface area contributed by atoms with Crippen LogP contribution in [-0.4, -0.2) is 42.1 Å². The number of para-hydroxylation sites is 1. The minimum absolute atomic E-state index is 0.0419. The summed E-state index contributed by atoms with van der Waals surface area (Å²) in [5, 5.41) is 2.75. The van der Waals surface area contributed by atoms with E-state index in [1.54, 1.807) is 30.3 Å². The number of hydrogen-bond acceptors (Lipinski definition) is 5. The maximum absolute atomic E-state index is 13.7. The van der Waals surface area contributed by atoms with Gasteiger partial charge < -0.3 is 14.8 Å². The number of carbonyl (C=O) groups is 3. The molecule has 28 heavy (non-hydrogen) atoms. The molecule has 3 rings (SSSR count). The Labute approximate surface area is 161 Å². The first-order valence-corrected chi connectivity index (χ1v) is 8.69. The third kappa shape index (κ3) is 4.46. The van der Waals surface area contributed by atoms with E-state index in [0.717, 1.165) is 4.90 Å². The van der Waals surface area contributed by atoms with Crippen LogP contribution in [0, 0.1) is 5.82 Å². The van der Waals surface area contributed by atoms with Crippen LogP contribution in [0.2, 0.25) is 0 Å². The molecule has 1 aliphatic heterocycles. The Morgan fingerprint density at radius 1 is 1.18 bits per heavy atom. The molecule has 1 heterocycles. The van der Waals surface area contributed by atoms with Gasteiger partial charge in [0.1, 0.15) is 0 Å². The standard InChI is InChI=1S/C20H19FN2O5/c1-13(28-17-10-6-5-9-15(17)21)19(25)22-16(14-7-3-2-4-8-14)11-23-18(24)12-27-20(23)26/h2-10,13,16H,11-12H2,1H3,(H,22,25). The van der Waals surface area contributed by atoms with Crippen molar-refractivity contribution in [3.05, 3.63) is 66.0 Å². The summed E-state index contributed by atoms with van der Waals surface area (Å²) < 4.78 is 23.9. The number of ether oxygens (including phenoxy) is 2. The molecule has 1 fully saturated rings. The first-order valence-electron chi connectivity index (χ1n) is 8.69. The highest BCUT2D eigenvalue weighted by Gasteiger charge is 2.34. The van der Waals surface area contributed by atoms with E-state index >= 15 is 0 Å². The summed E-state index contributed by atoms with van der Waals surface area (Å²) >= 11 is 0. The van der Waals surface area contributed by atoms with Gasteiger partial charge in [-0.25, -0.2) is 14.1 Å². The Balaban J connectivity index is 1.73. The summed E-state index contributed by atoms with van der Waals surface area (Å²) in [6.45, 7) is 1.08. The maximum atomic E-state index is 13.7. The van der Waals surface area contributed by atoms with Gasteiger partial charge in [0.25, 0.3) is 11.8 Å². The highest BCUT2D eigenvalue weighted by molar-refractivity contribution is 5.97. The number of carbonyl (C=O) groups excluding carboxylic acids is 3. The zero-order valence-electron chi connectivity index (χ0n) is 15.1. The lowest BCUT2D eigenvalue weighted by molar-refractivity contribution is -0.130. The average molecular weight is 386 g/mol. The molecule has 0 aliphatic carbocycles. The lowest BCUT2D eigenvalue weighted by Crippen LogP contribution is -2.44. The van der Waals surface area contributed by atoms with E-state index in [9.17, 15) is 18.8 Å². The lowest BCUT2D eigenvalue weighted by atomic mass is 10.1. The number of nitrogens with one attached hydrogen (secondary N) is 1. The van der Waals surface area contributed by atoms with Crippen molar-refractivity contribution in [3.8, 4) is 5.75 Å². The Kier molecular flexibility index (Phi) is 5.88. The number of hydrogen-bond donors (Lipinski definition) is 1. The molecule has 0 saturated carbocycles. The minimum Gasteiger partial charge on any atom is -0.478 e. The van der Waals surface area contributed by atoms with Crippen LogP contribution in [0.15, 0.2) is 54.6 Å². The lowest BCUT2D eigenvalue weighted by Gasteiger charge is -2.24. The average Bonchev–Trinajstić information content (AvgIpc) is 3.01. The number of amides is 3. The van der Waals surface area contributed by atoms with Crippen molar-refractivity contribution >= 4 is 17.9 Å². The molecule has 0 radical (unpaired) electrons. The molecule has 2 aromatic rings. The number of imide groups is 1. The molecule has 2 atom stereocenters. The van der Waals surface area contributed by atoms with E-state index in [2.05, 4.69) is 5.32 Å². The van der Waals surface area contributed by atoms with E-state index in [1.165, 1.54) is 25.1 Å². The quantitative estimate of drug-likeness (QED) is 0.790. The monoisotopic (exact) mass is 386 g/mol. The van der Waals surface area contributed by atoms with Crippen molar-refractivity contribution in [2.75, 3.05) is 13.2 Å². The molecule has 1 N–H and O–H groups in total. The molecule has 8 heteroatoms. The predicted molar refractivity (Wildman–Crippen MR) is 96.9 cm³/mol. The number of nitrogens with zero attached hydrogens (tertiary/aromatic N) is 1. The maximum Gasteiger partial charge on any atom is 0.417 e. The van der Waals surface area contributed by atoms with Gasteiger partial charge in [-0.15, -0.1) is 0 Å². The predicted octanol–water partition coefficient (Wildman–Crippen LogP) is 2.43. The summed E-state index contributed by atoms with van der Waals surface area (Å²) in [5.41, 5.74) is 0.696. The Hall–Kier alpha value is -3.42. The zero-order chi connectivity index (χ0) is 20.1. The second kappa shape index (κ2) is 8.51. The van der Waals surface area contributed by atoms with Crippen molar-refractivity contribution in [3.63, 3.8) is 0 Å². The van der Waals surface area contributed by atoms with Crippen LogP contribution in [0.4, 0.5) is 9.18 Å². The Morgan fingerprint density at radius 3 is 2.50 bits per heavy atom. The summed E-state index contributed by atoms with van der Waals surface area (Å²) in [6, 6.07) is 14.0. The van der Waals surface area contributed by atoms with Crippen LogP contribution in [0.25, 0.3) is 0 Å². The second-order valence-electron chi connectivity index (χ2n) is 6.22. The summed E-state index contributed by atoms with van der Waals surface area (Å²) in [6.07, 6.45) is -1.75. The van der Waals surface area contributed by atoms with Crippen LogP contribution in [0.1, 0.15) is 18.5 Å². The van der Waals surface area contributed by atoms with E-state index in [0.29, 0.717) is 5.56 Å². The van der Waals surface area contributed by atoms with Crippen molar-refractivity contribution in [2.24, 2.45) is 0 Å². The third-order valence-electron chi connectivity index (χ3n) is 4.23. The van der Waals surface area contributed by atoms with Crippen LogP contribution < -0.4 is 10.1 Å². The molecule has 146 valence electrons. The zero-order valence-corrected chi connectivity index (χ0v) is 15.1. The van der Waals surface area contributed by atoms with E-state index < -0.39 is 35.9 Å². The normalized spacial score (nSPS) is 15.7. The highest BCUT2D eigenvalue weighted by atomic mass is 19.1. The summed E-state index contributed by atoms with van der Waals surface area (Å²) in [4.78, 5) is 37.2. The SMILES string of the molecule is CC(Oc1ccccc1F)C(=O)NC(CN1C(=O)COC1=O)c1ccccc1. The van der Waals surface area contributed by atoms with Gasteiger partial charge in [0.15, 0.2) is 24.3 Å². The summed E-state index contributed by atoms with van der Waals surface area (Å²) in [7, 11) is 0. The molecule has 0 aromatic heterocycles. The molecule has 7 nitrogen and oxygen atoms in total. The van der Waals surface area contributed by atoms with Crippen molar-refractivity contribution in [1.82, 2.24) is 10.2 Å². The van der Waals surface area contributed by atoms with Gasteiger partial charge in [0, 0.05) is 0 Å². The molecule has 1 saturated heterocycles. The van der Waals surface area contributed by atoms with Crippen LogP contribution in [0.5, 0.6) is 5.75 Å². The number of halogens is 1. The fourth-order valence-electron chi connectivity index (χ4n) is 2.73. The van der Waals surface area contributed by atoms with E-state index in [4.69, 9.17) is 9.47 Å². The third-order valence-corrected chi connectivity index (χ3v) is 4.23. The highest BCUT2D eigenvalue weighted by Crippen LogP contribution is 2.20. The van der Waals surface area contributed by atoms with Crippen LogP contribution in [-0.2, 0) is 14.3 Å². The minimum atomic E-state index is -0.996. The second-order valence-corrected chi connectivity index (χ2v) is 6.22. The summed E-state index contributed by atoms with van der Waals surface area (Å²) in [5.74, 6) is -1.61. The van der Waals surface area contributed by atoms with Crippen molar-refractivity contribution in [2.45, 2.75) is 19.1 Å². The van der Waals surface area contributed by atoms with Crippen molar-refractivity contribution < 1.29 is 28.2 Å². The van der Waals surface area contributed by atoms with E-state index in [1.807, 2.05) is 6.07 Å². The Bertz CT molecular complexity index is 858. The van der Waals surface area contributed by atoms with Gasteiger partial charge >= 0.3 is 6.09 Å².